The number of amides is 1. The summed E-state index contributed by atoms with van der Waals surface area (Å²) in [5, 5.41) is 2.79. The van der Waals surface area contributed by atoms with Crippen LogP contribution in [0.4, 0.5) is 10.6 Å². The Morgan fingerprint density at radius 2 is 2.08 bits per heavy atom. The number of aryl methyl sites for hydroxylation is 1. The topological polar surface area (TPSA) is 51.2 Å². The summed E-state index contributed by atoms with van der Waals surface area (Å²) in [5.74, 6) is 0.567. The molecule has 0 saturated heterocycles. The quantitative estimate of drug-likeness (QED) is 0.810. The Labute approximate surface area is 146 Å². The molecule has 0 radical (unpaired) electrons. The number of aromatic nitrogens is 1. The standard InChI is InChI=1S/C19H22N2O2S/c1-19(2,3)23-18(22)21-17-16(24-12-20-17)15-11-7-5-9-13-8-4-6-10-14(13)15/h4,6,8,10-12H,5,7,9H2,1-3H3,(H,21,22). The molecule has 1 aliphatic carbocycles. The molecule has 4 nitrogen and oxygen atoms in total. The highest BCUT2D eigenvalue weighted by atomic mass is 32.1. The predicted molar refractivity (Wildman–Crippen MR) is 98.4 cm³/mol. The molecule has 0 unspecified atom stereocenters. The molecule has 1 aliphatic rings. The lowest BCUT2D eigenvalue weighted by molar-refractivity contribution is 0.0635. The van der Waals surface area contributed by atoms with E-state index in [9.17, 15) is 4.79 Å². The van der Waals surface area contributed by atoms with E-state index < -0.39 is 11.7 Å². The van der Waals surface area contributed by atoms with Crippen LogP contribution < -0.4 is 5.32 Å². The lowest BCUT2D eigenvalue weighted by atomic mass is 9.98. The molecule has 1 N–H and O–H groups in total. The summed E-state index contributed by atoms with van der Waals surface area (Å²) < 4.78 is 5.34. The zero-order chi connectivity index (χ0) is 17.2. The van der Waals surface area contributed by atoms with E-state index in [4.69, 9.17) is 4.74 Å². The number of nitrogens with zero attached hydrogens (tertiary/aromatic N) is 1. The summed E-state index contributed by atoms with van der Waals surface area (Å²) in [4.78, 5) is 17.4. The Bertz CT molecular complexity index is 772. The van der Waals surface area contributed by atoms with E-state index in [0.29, 0.717) is 5.82 Å². The number of carbonyl (C=O) groups is 1. The van der Waals surface area contributed by atoms with Crippen molar-refractivity contribution in [1.29, 1.82) is 0 Å². The van der Waals surface area contributed by atoms with E-state index in [1.165, 1.54) is 22.5 Å². The summed E-state index contributed by atoms with van der Waals surface area (Å²) in [5.41, 5.74) is 4.95. The third kappa shape index (κ3) is 3.85. The minimum atomic E-state index is -0.533. The van der Waals surface area contributed by atoms with Crippen LogP contribution in [-0.4, -0.2) is 16.7 Å². The summed E-state index contributed by atoms with van der Waals surface area (Å²) in [7, 11) is 0. The summed E-state index contributed by atoms with van der Waals surface area (Å²) in [6, 6.07) is 8.45. The van der Waals surface area contributed by atoms with Gasteiger partial charge in [-0.05, 0) is 56.7 Å². The van der Waals surface area contributed by atoms with Gasteiger partial charge in [0, 0.05) is 0 Å². The predicted octanol–water partition coefficient (Wildman–Crippen LogP) is 5.26. The molecule has 0 atom stereocenters. The van der Waals surface area contributed by atoms with E-state index in [1.54, 1.807) is 5.51 Å². The Kier molecular flexibility index (Phi) is 4.71. The molecule has 0 bridgehead atoms. The first-order chi connectivity index (χ1) is 11.4. The van der Waals surface area contributed by atoms with E-state index in [0.717, 1.165) is 29.7 Å². The van der Waals surface area contributed by atoms with Crippen LogP contribution in [0, 0.1) is 0 Å². The van der Waals surface area contributed by atoms with Gasteiger partial charge in [-0.2, -0.15) is 0 Å². The Morgan fingerprint density at radius 1 is 1.29 bits per heavy atom. The normalized spacial score (nSPS) is 14.4. The molecular formula is C19H22N2O2S. The first kappa shape index (κ1) is 16.7. The number of hydrogen-bond donors (Lipinski definition) is 1. The molecular weight excluding hydrogens is 320 g/mol. The highest BCUT2D eigenvalue weighted by Crippen LogP contribution is 2.36. The molecule has 3 rings (SSSR count). The fourth-order valence-electron chi connectivity index (χ4n) is 2.79. The molecule has 0 aliphatic heterocycles. The van der Waals surface area contributed by atoms with Gasteiger partial charge in [-0.15, -0.1) is 11.3 Å². The highest BCUT2D eigenvalue weighted by Gasteiger charge is 2.21. The van der Waals surface area contributed by atoms with Gasteiger partial charge in [0.15, 0.2) is 5.82 Å². The van der Waals surface area contributed by atoms with Crippen molar-refractivity contribution < 1.29 is 9.53 Å². The monoisotopic (exact) mass is 342 g/mol. The summed E-state index contributed by atoms with van der Waals surface area (Å²) in [6.45, 7) is 5.54. The van der Waals surface area contributed by atoms with Gasteiger partial charge >= 0.3 is 6.09 Å². The van der Waals surface area contributed by atoms with Gasteiger partial charge in [0.1, 0.15) is 5.60 Å². The van der Waals surface area contributed by atoms with Gasteiger partial charge in [0.25, 0.3) is 0 Å². The van der Waals surface area contributed by atoms with Crippen LogP contribution in [0.1, 0.15) is 49.6 Å². The molecule has 24 heavy (non-hydrogen) atoms. The SMILES string of the molecule is CC(C)(C)OC(=O)Nc1ncsc1C1=CCCCc2ccccc21. The number of carbonyl (C=O) groups excluding carboxylic acids is 1. The van der Waals surface area contributed by atoms with Crippen LogP contribution in [0.15, 0.2) is 35.9 Å². The van der Waals surface area contributed by atoms with Crippen molar-refractivity contribution >= 4 is 28.8 Å². The lowest BCUT2D eigenvalue weighted by Crippen LogP contribution is -2.27. The number of hydrogen-bond acceptors (Lipinski definition) is 4. The molecule has 5 heteroatoms. The van der Waals surface area contributed by atoms with E-state index in [2.05, 4.69) is 40.6 Å². The molecule has 1 aromatic heterocycles. The number of nitrogens with one attached hydrogen (secondary N) is 1. The van der Waals surface area contributed by atoms with Crippen LogP contribution in [0.25, 0.3) is 5.57 Å². The number of anilines is 1. The number of rotatable bonds is 2. The van der Waals surface area contributed by atoms with E-state index >= 15 is 0 Å². The van der Waals surface area contributed by atoms with Gasteiger partial charge in [-0.25, -0.2) is 9.78 Å². The second-order valence-corrected chi connectivity index (χ2v) is 7.68. The molecule has 1 amide bonds. The number of allylic oxidation sites excluding steroid dienone is 1. The van der Waals surface area contributed by atoms with Gasteiger partial charge < -0.3 is 4.74 Å². The van der Waals surface area contributed by atoms with Gasteiger partial charge in [0.2, 0.25) is 0 Å². The zero-order valence-corrected chi connectivity index (χ0v) is 15.1. The van der Waals surface area contributed by atoms with Crippen LogP contribution in [0.2, 0.25) is 0 Å². The Morgan fingerprint density at radius 3 is 2.88 bits per heavy atom. The van der Waals surface area contributed by atoms with Crippen LogP contribution >= 0.6 is 11.3 Å². The van der Waals surface area contributed by atoms with E-state index in [-0.39, 0.29) is 0 Å². The molecule has 0 fully saturated rings. The number of benzene rings is 1. The second kappa shape index (κ2) is 6.77. The summed E-state index contributed by atoms with van der Waals surface area (Å²) in [6.07, 6.45) is 5.00. The zero-order valence-electron chi connectivity index (χ0n) is 14.3. The van der Waals surface area contributed by atoms with Crippen LogP contribution in [-0.2, 0) is 11.2 Å². The fraction of sp³-hybridized carbons (Fsp3) is 0.368. The largest absolute Gasteiger partial charge is 0.444 e. The first-order valence-electron chi connectivity index (χ1n) is 8.16. The van der Waals surface area contributed by atoms with Crippen molar-refractivity contribution in [2.75, 3.05) is 5.32 Å². The Hall–Kier alpha value is -2.14. The maximum atomic E-state index is 12.1. The van der Waals surface area contributed by atoms with Gasteiger partial charge in [-0.3, -0.25) is 5.32 Å². The number of ether oxygens (including phenoxy) is 1. The van der Waals surface area contributed by atoms with Crippen molar-refractivity contribution in [1.82, 2.24) is 4.98 Å². The highest BCUT2D eigenvalue weighted by molar-refractivity contribution is 7.11. The maximum absolute atomic E-state index is 12.1. The fourth-order valence-corrected chi connectivity index (χ4v) is 3.59. The lowest BCUT2D eigenvalue weighted by Gasteiger charge is -2.19. The van der Waals surface area contributed by atoms with Gasteiger partial charge in [0.05, 0.1) is 10.4 Å². The molecule has 126 valence electrons. The molecule has 1 heterocycles. The Balaban J connectivity index is 1.91. The summed E-state index contributed by atoms with van der Waals surface area (Å²) >= 11 is 1.54. The number of thiazole rings is 1. The smallest absolute Gasteiger partial charge is 0.413 e. The van der Waals surface area contributed by atoms with Crippen molar-refractivity contribution in [2.45, 2.75) is 45.6 Å². The van der Waals surface area contributed by atoms with E-state index in [1.807, 2.05) is 20.8 Å². The average molecular weight is 342 g/mol. The third-order valence-corrected chi connectivity index (χ3v) is 4.60. The third-order valence-electron chi connectivity index (χ3n) is 3.74. The first-order valence-corrected chi connectivity index (χ1v) is 9.04. The van der Waals surface area contributed by atoms with Crippen molar-refractivity contribution in [3.8, 4) is 0 Å². The maximum Gasteiger partial charge on any atom is 0.413 e. The van der Waals surface area contributed by atoms with Crippen molar-refractivity contribution in [2.24, 2.45) is 0 Å². The van der Waals surface area contributed by atoms with Crippen molar-refractivity contribution in [3.05, 3.63) is 51.9 Å². The number of fused-ring (bicyclic) bond motifs is 1. The van der Waals surface area contributed by atoms with Crippen LogP contribution in [0.5, 0.6) is 0 Å². The molecule has 0 saturated carbocycles. The van der Waals surface area contributed by atoms with Gasteiger partial charge in [-0.1, -0.05) is 30.3 Å². The minimum absolute atomic E-state index is 0.475. The second-order valence-electron chi connectivity index (χ2n) is 6.82. The minimum Gasteiger partial charge on any atom is -0.444 e. The van der Waals surface area contributed by atoms with Crippen molar-refractivity contribution in [3.63, 3.8) is 0 Å². The van der Waals surface area contributed by atoms with Crippen LogP contribution in [0.3, 0.4) is 0 Å². The average Bonchev–Trinajstić information content (AvgIpc) is 2.83. The molecule has 1 aromatic carbocycles. The molecule has 2 aromatic rings. The molecule has 0 spiro atoms.